The molecule has 1 aromatic rings. The van der Waals surface area contributed by atoms with Gasteiger partial charge < -0.3 is 4.74 Å². The average Bonchev–Trinajstić information content (AvgIpc) is 2.30. The molecule has 0 saturated carbocycles. The summed E-state index contributed by atoms with van der Waals surface area (Å²) in [5, 5.41) is 0.333. The topological polar surface area (TPSA) is 9.23 Å². The van der Waals surface area contributed by atoms with Crippen molar-refractivity contribution >= 4 is 11.6 Å². The molecule has 0 aliphatic heterocycles. The summed E-state index contributed by atoms with van der Waals surface area (Å²) in [6, 6.07) is 8.20. The summed E-state index contributed by atoms with van der Waals surface area (Å²) in [7, 11) is 1.72. The fourth-order valence-electron chi connectivity index (χ4n) is 1.88. The van der Waals surface area contributed by atoms with Crippen LogP contribution in [0.15, 0.2) is 24.3 Å². The fourth-order valence-corrected chi connectivity index (χ4v) is 2.25. The monoisotopic (exact) mass is 240 g/mol. The third-order valence-electron chi connectivity index (χ3n) is 2.76. The fraction of sp³-hybridized carbons (Fsp3) is 0.571. The van der Waals surface area contributed by atoms with E-state index in [0.29, 0.717) is 5.38 Å². The summed E-state index contributed by atoms with van der Waals surface area (Å²) in [4.78, 5) is 0. The highest BCUT2D eigenvalue weighted by atomic mass is 35.5. The smallest absolute Gasteiger partial charge is 0.122 e. The first kappa shape index (κ1) is 13.4. The van der Waals surface area contributed by atoms with Crippen LogP contribution in [0.2, 0.25) is 0 Å². The molecule has 16 heavy (non-hydrogen) atoms. The Morgan fingerprint density at radius 2 is 2.00 bits per heavy atom. The van der Waals surface area contributed by atoms with Crippen LogP contribution in [-0.2, 0) is 6.42 Å². The van der Waals surface area contributed by atoms with Crippen molar-refractivity contribution in [2.45, 2.75) is 44.4 Å². The van der Waals surface area contributed by atoms with Gasteiger partial charge in [0.2, 0.25) is 0 Å². The molecule has 1 unspecified atom stereocenters. The summed E-state index contributed by atoms with van der Waals surface area (Å²) in [5.74, 6) is 0.990. The van der Waals surface area contributed by atoms with Gasteiger partial charge in [-0.05, 0) is 37.3 Å². The van der Waals surface area contributed by atoms with E-state index < -0.39 is 0 Å². The van der Waals surface area contributed by atoms with Crippen LogP contribution in [0.1, 0.15) is 38.2 Å². The van der Waals surface area contributed by atoms with Gasteiger partial charge in [0.1, 0.15) is 5.75 Å². The minimum absolute atomic E-state index is 0.333. The number of alkyl halides is 1. The maximum absolute atomic E-state index is 6.19. The first-order chi connectivity index (χ1) is 7.77. The molecule has 2 heteroatoms. The van der Waals surface area contributed by atoms with Crippen molar-refractivity contribution in [2.75, 3.05) is 7.11 Å². The number of aryl methyl sites for hydroxylation is 1. The van der Waals surface area contributed by atoms with E-state index in [0.717, 1.165) is 31.4 Å². The molecule has 0 N–H and O–H groups in total. The molecular weight excluding hydrogens is 220 g/mol. The SMILES string of the molecule is CCCC(Cl)CCCc1ccccc1OC. The van der Waals surface area contributed by atoms with Crippen molar-refractivity contribution in [3.8, 4) is 5.75 Å². The lowest BCUT2D eigenvalue weighted by molar-refractivity contribution is 0.408. The number of rotatable bonds is 7. The average molecular weight is 241 g/mol. The Labute approximate surface area is 104 Å². The Morgan fingerprint density at radius 3 is 2.69 bits per heavy atom. The zero-order valence-electron chi connectivity index (χ0n) is 10.2. The summed E-state index contributed by atoms with van der Waals surface area (Å²) in [6.07, 6.45) is 5.56. The summed E-state index contributed by atoms with van der Waals surface area (Å²) in [5.41, 5.74) is 1.28. The summed E-state index contributed by atoms with van der Waals surface area (Å²) in [6.45, 7) is 2.18. The van der Waals surface area contributed by atoms with Crippen molar-refractivity contribution in [2.24, 2.45) is 0 Å². The lowest BCUT2D eigenvalue weighted by Crippen LogP contribution is -1.99. The lowest BCUT2D eigenvalue weighted by Gasteiger charge is -2.10. The van der Waals surface area contributed by atoms with Gasteiger partial charge in [-0.3, -0.25) is 0 Å². The van der Waals surface area contributed by atoms with Gasteiger partial charge in [0.05, 0.1) is 7.11 Å². The van der Waals surface area contributed by atoms with Gasteiger partial charge in [-0.2, -0.15) is 0 Å². The van der Waals surface area contributed by atoms with E-state index in [1.807, 2.05) is 12.1 Å². The predicted octanol–water partition coefficient (Wildman–Crippen LogP) is 4.43. The standard InChI is InChI=1S/C14H21ClO/c1-3-7-13(15)10-6-9-12-8-4-5-11-14(12)16-2/h4-5,8,11,13H,3,6-7,9-10H2,1-2H3. The molecule has 90 valence electrons. The lowest BCUT2D eigenvalue weighted by atomic mass is 10.0. The molecule has 0 saturated heterocycles. The second-order valence-electron chi connectivity index (χ2n) is 4.09. The maximum atomic E-state index is 6.19. The van der Waals surface area contributed by atoms with Gasteiger partial charge in [-0.1, -0.05) is 31.5 Å². The zero-order valence-corrected chi connectivity index (χ0v) is 11.0. The van der Waals surface area contributed by atoms with Crippen LogP contribution in [-0.4, -0.2) is 12.5 Å². The van der Waals surface area contributed by atoms with Crippen LogP contribution in [0.25, 0.3) is 0 Å². The minimum Gasteiger partial charge on any atom is -0.496 e. The minimum atomic E-state index is 0.333. The van der Waals surface area contributed by atoms with Gasteiger partial charge in [0, 0.05) is 5.38 Å². The van der Waals surface area contributed by atoms with E-state index in [-0.39, 0.29) is 0 Å². The number of halogens is 1. The van der Waals surface area contributed by atoms with Crippen LogP contribution >= 0.6 is 11.6 Å². The summed E-state index contributed by atoms with van der Waals surface area (Å²) >= 11 is 6.19. The predicted molar refractivity (Wildman–Crippen MR) is 70.5 cm³/mol. The second-order valence-corrected chi connectivity index (χ2v) is 4.71. The Kier molecular flexibility index (Phi) is 6.32. The highest BCUT2D eigenvalue weighted by Gasteiger charge is 2.05. The van der Waals surface area contributed by atoms with E-state index >= 15 is 0 Å². The van der Waals surface area contributed by atoms with Crippen LogP contribution < -0.4 is 4.74 Å². The quantitative estimate of drug-likeness (QED) is 0.641. The van der Waals surface area contributed by atoms with Crippen molar-refractivity contribution < 1.29 is 4.74 Å². The van der Waals surface area contributed by atoms with E-state index in [2.05, 4.69) is 19.1 Å². The normalized spacial score (nSPS) is 12.4. The molecule has 0 heterocycles. The van der Waals surface area contributed by atoms with Gasteiger partial charge in [-0.15, -0.1) is 11.6 Å². The molecule has 0 aliphatic carbocycles. The molecule has 0 aromatic heterocycles. The molecule has 0 radical (unpaired) electrons. The molecule has 1 nitrogen and oxygen atoms in total. The number of para-hydroxylation sites is 1. The van der Waals surface area contributed by atoms with Crippen LogP contribution in [0, 0.1) is 0 Å². The molecule has 1 rings (SSSR count). The van der Waals surface area contributed by atoms with E-state index in [1.165, 1.54) is 12.0 Å². The van der Waals surface area contributed by atoms with Crippen LogP contribution in [0.4, 0.5) is 0 Å². The highest BCUT2D eigenvalue weighted by Crippen LogP contribution is 2.21. The number of hydrogen-bond acceptors (Lipinski definition) is 1. The van der Waals surface area contributed by atoms with Crippen molar-refractivity contribution in [1.29, 1.82) is 0 Å². The molecule has 0 bridgehead atoms. The number of methoxy groups -OCH3 is 1. The maximum Gasteiger partial charge on any atom is 0.122 e. The largest absolute Gasteiger partial charge is 0.496 e. The van der Waals surface area contributed by atoms with Gasteiger partial charge in [0.25, 0.3) is 0 Å². The Bertz CT molecular complexity index is 299. The number of hydrogen-bond donors (Lipinski definition) is 0. The molecule has 0 spiro atoms. The molecular formula is C14H21ClO. The molecule has 1 atom stereocenters. The first-order valence-corrected chi connectivity index (χ1v) is 6.47. The second kappa shape index (κ2) is 7.56. The van der Waals surface area contributed by atoms with Crippen LogP contribution in [0.5, 0.6) is 5.75 Å². The molecule has 0 aliphatic rings. The zero-order chi connectivity index (χ0) is 11.8. The van der Waals surface area contributed by atoms with Gasteiger partial charge in [0.15, 0.2) is 0 Å². The van der Waals surface area contributed by atoms with Crippen molar-refractivity contribution in [1.82, 2.24) is 0 Å². The van der Waals surface area contributed by atoms with E-state index in [1.54, 1.807) is 7.11 Å². The summed E-state index contributed by atoms with van der Waals surface area (Å²) < 4.78 is 5.32. The Hall–Kier alpha value is -0.690. The van der Waals surface area contributed by atoms with E-state index in [4.69, 9.17) is 16.3 Å². The van der Waals surface area contributed by atoms with Gasteiger partial charge >= 0.3 is 0 Å². The Balaban J connectivity index is 2.36. The van der Waals surface area contributed by atoms with Gasteiger partial charge in [-0.25, -0.2) is 0 Å². The molecule has 0 fully saturated rings. The Morgan fingerprint density at radius 1 is 1.25 bits per heavy atom. The van der Waals surface area contributed by atoms with Crippen molar-refractivity contribution in [3.63, 3.8) is 0 Å². The first-order valence-electron chi connectivity index (χ1n) is 6.04. The highest BCUT2D eigenvalue weighted by molar-refractivity contribution is 6.20. The molecule has 0 amide bonds. The third kappa shape index (κ3) is 4.44. The molecule has 1 aromatic carbocycles. The van der Waals surface area contributed by atoms with Crippen LogP contribution in [0.3, 0.4) is 0 Å². The number of ether oxygens (including phenoxy) is 1. The number of benzene rings is 1. The third-order valence-corrected chi connectivity index (χ3v) is 3.19. The van der Waals surface area contributed by atoms with E-state index in [9.17, 15) is 0 Å². The van der Waals surface area contributed by atoms with Crippen molar-refractivity contribution in [3.05, 3.63) is 29.8 Å².